The van der Waals surface area contributed by atoms with Crippen LogP contribution >= 0.6 is 15.9 Å². The molecular formula is C14H10BrFN2O2. The molecular weight excluding hydrogens is 327 g/mol. The SMILES string of the molecule is O=C(N/N=C/c1cc(O)ccc1Br)c1cccc(F)c1. The van der Waals surface area contributed by atoms with Crippen molar-refractivity contribution in [1.82, 2.24) is 5.43 Å². The molecule has 4 nitrogen and oxygen atoms in total. The molecule has 2 N–H and O–H groups in total. The zero-order valence-electron chi connectivity index (χ0n) is 10.2. The van der Waals surface area contributed by atoms with Crippen LogP contribution in [-0.2, 0) is 0 Å². The Morgan fingerprint density at radius 3 is 2.85 bits per heavy atom. The Balaban J connectivity index is 2.06. The molecule has 0 aliphatic heterocycles. The third kappa shape index (κ3) is 3.64. The first-order valence-corrected chi connectivity index (χ1v) is 6.43. The number of hydrogen-bond acceptors (Lipinski definition) is 3. The van der Waals surface area contributed by atoms with Crippen molar-refractivity contribution >= 4 is 28.1 Å². The van der Waals surface area contributed by atoms with Crippen LogP contribution in [0.5, 0.6) is 5.75 Å². The van der Waals surface area contributed by atoms with Gasteiger partial charge in [0.15, 0.2) is 0 Å². The zero-order chi connectivity index (χ0) is 14.5. The maximum absolute atomic E-state index is 13.0. The van der Waals surface area contributed by atoms with E-state index in [1.807, 2.05) is 0 Å². The molecule has 0 atom stereocenters. The van der Waals surface area contributed by atoms with Gasteiger partial charge >= 0.3 is 0 Å². The summed E-state index contributed by atoms with van der Waals surface area (Å²) in [6, 6.07) is 9.97. The van der Waals surface area contributed by atoms with Crippen molar-refractivity contribution in [3.63, 3.8) is 0 Å². The van der Waals surface area contributed by atoms with Crippen molar-refractivity contribution in [3.8, 4) is 5.75 Å². The molecule has 0 bridgehead atoms. The van der Waals surface area contributed by atoms with Gasteiger partial charge < -0.3 is 5.11 Å². The van der Waals surface area contributed by atoms with Gasteiger partial charge in [0.05, 0.1) is 6.21 Å². The maximum Gasteiger partial charge on any atom is 0.271 e. The molecule has 0 radical (unpaired) electrons. The van der Waals surface area contributed by atoms with Crippen LogP contribution in [0.4, 0.5) is 4.39 Å². The summed E-state index contributed by atoms with van der Waals surface area (Å²) >= 11 is 3.29. The number of carbonyl (C=O) groups excluding carboxylic acids is 1. The van der Waals surface area contributed by atoms with Gasteiger partial charge in [-0.2, -0.15) is 5.10 Å². The average Bonchev–Trinajstić information content (AvgIpc) is 2.42. The Morgan fingerprint density at radius 1 is 1.30 bits per heavy atom. The second-order valence-corrected chi connectivity index (χ2v) is 4.77. The summed E-state index contributed by atoms with van der Waals surface area (Å²) in [6.45, 7) is 0. The number of halogens is 2. The Kier molecular flexibility index (Phi) is 4.47. The Morgan fingerprint density at radius 2 is 2.10 bits per heavy atom. The first kappa shape index (κ1) is 14.2. The zero-order valence-corrected chi connectivity index (χ0v) is 11.8. The number of phenols is 1. The number of hydrazone groups is 1. The Hall–Kier alpha value is -2.21. The highest BCUT2D eigenvalue weighted by molar-refractivity contribution is 9.10. The fraction of sp³-hybridized carbons (Fsp3) is 0. The van der Waals surface area contributed by atoms with Gasteiger partial charge in [0, 0.05) is 15.6 Å². The Bertz CT molecular complexity index is 674. The summed E-state index contributed by atoms with van der Waals surface area (Å²) in [5.74, 6) is -0.916. The normalized spacial score (nSPS) is 10.7. The van der Waals surface area contributed by atoms with Gasteiger partial charge in [-0.05, 0) is 36.4 Å². The lowest BCUT2D eigenvalue weighted by molar-refractivity contribution is 0.0954. The van der Waals surface area contributed by atoms with Crippen molar-refractivity contribution in [2.24, 2.45) is 5.10 Å². The lowest BCUT2D eigenvalue weighted by Gasteiger charge is -2.01. The lowest BCUT2D eigenvalue weighted by atomic mass is 10.2. The van der Waals surface area contributed by atoms with Crippen molar-refractivity contribution in [2.45, 2.75) is 0 Å². The van der Waals surface area contributed by atoms with E-state index in [0.717, 1.165) is 10.5 Å². The average molecular weight is 337 g/mol. The summed E-state index contributed by atoms with van der Waals surface area (Å²) < 4.78 is 13.7. The third-order valence-electron chi connectivity index (χ3n) is 2.44. The minimum atomic E-state index is -0.517. The molecule has 0 fully saturated rings. The second-order valence-electron chi connectivity index (χ2n) is 3.92. The highest BCUT2D eigenvalue weighted by Crippen LogP contribution is 2.19. The summed E-state index contributed by atoms with van der Waals surface area (Å²) in [7, 11) is 0. The highest BCUT2D eigenvalue weighted by atomic mass is 79.9. The van der Waals surface area contributed by atoms with Crippen molar-refractivity contribution in [1.29, 1.82) is 0 Å². The lowest BCUT2D eigenvalue weighted by Crippen LogP contribution is -2.17. The standard InChI is InChI=1S/C14H10BrFN2O2/c15-13-5-4-12(19)7-10(13)8-17-18-14(20)9-2-1-3-11(16)6-9/h1-8,19H,(H,18,20)/b17-8+. The van der Waals surface area contributed by atoms with E-state index >= 15 is 0 Å². The van der Waals surface area contributed by atoms with Crippen LogP contribution in [0.15, 0.2) is 52.0 Å². The van der Waals surface area contributed by atoms with Crippen LogP contribution in [0, 0.1) is 5.82 Å². The summed E-state index contributed by atoms with van der Waals surface area (Å²) in [5, 5.41) is 13.1. The molecule has 2 aromatic rings. The minimum absolute atomic E-state index is 0.0890. The van der Waals surface area contributed by atoms with E-state index in [-0.39, 0.29) is 11.3 Å². The van der Waals surface area contributed by atoms with Gasteiger partial charge in [0.25, 0.3) is 5.91 Å². The number of amides is 1. The number of carbonyl (C=O) groups is 1. The first-order valence-electron chi connectivity index (χ1n) is 5.64. The van der Waals surface area contributed by atoms with Crippen molar-refractivity contribution < 1.29 is 14.3 Å². The number of phenolic OH excluding ortho intramolecular Hbond substituents is 1. The predicted molar refractivity (Wildman–Crippen MR) is 77.3 cm³/mol. The van der Waals surface area contributed by atoms with E-state index in [1.54, 1.807) is 6.07 Å². The number of rotatable bonds is 3. The molecule has 2 aromatic carbocycles. The molecule has 6 heteroatoms. The molecule has 0 aromatic heterocycles. The van der Waals surface area contributed by atoms with Crippen molar-refractivity contribution in [3.05, 3.63) is 63.9 Å². The monoisotopic (exact) mass is 336 g/mol. The van der Waals surface area contributed by atoms with E-state index in [1.165, 1.54) is 36.5 Å². The molecule has 0 aliphatic carbocycles. The highest BCUT2D eigenvalue weighted by Gasteiger charge is 2.05. The molecule has 0 aliphatic rings. The van der Waals surface area contributed by atoms with Crippen LogP contribution in [0.2, 0.25) is 0 Å². The summed E-state index contributed by atoms with van der Waals surface area (Å²) in [5.41, 5.74) is 3.06. The minimum Gasteiger partial charge on any atom is -0.508 e. The van der Waals surface area contributed by atoms with Crippen LogP contribution < -0.4 is 5.43 Å². The fourth-order valence-corrected chi connectivity index (χ4v) is 1.83. The fourth-order valence-electron chi connectivity index (χ4n) is 1.48. The van der Waals surface area contributed by atoms with Gasteiger partial charge in [0.1, 0.15) is 11.6 Å². The summed E-state index contributed by atoms with van der Waals surface area (Å²) in [4.78, 5) is 11.7. The first-order chi connectivity index (χ1) is 9.56. The molecule has 20 heavy (non-hydrogen) atoms. The van der Waals surface area contributed by atoms with Gasteiger partial charge in [-0.25, -0.2) is 9.82 Å². The van der Waals surface area contributed by atoms with Crippen LogP contribution in [-0.4, -0.2) is 17.2 Å². The van der Waals surface area contributed by atoms with E-state index < -0.39 is 11.7 Å². The molecule has 1 amide bonds. The molecule has 0 spiro atoms. The molecule has 102 valence electrons. The van der Waals surface area contributed by atoms with Gasteiger partial charge in [0.2, 0.25) is 0 Å². The van der Waals surface area contributed by atoms with Crippen LogP contribution in [0.3, 0.4) is 0 Å². The van der Waals surface area contributed by atoms with Crippen LogP contribution in [0.25, 0.3) is 0 Å². The molecule has 0 unspecified atom stereocenters. The van der Waals surface area contributed by atoms with Crippen LogP contribution in [0.1, 0.15) is 15.9 Å². The number of nitrogens with zero attached hydrogens (tertiary/aromatic N) is 1. The molecule has 0 heterocycles. The van der Waals surface area contributed by atoms with E-state index in [0.29, 0.717) is 5.56 Å². The number of benzene rings is 2. The van der Waals surface area contributed by atoms with Gasteiger partial charge in [-0.15, -0.1) is 0 Å². The second kappa shape index (κ2) is 6.29. The number of hydrogen-bond donors (Lipinski definition) is 2. The number of nitrogens with one attached hydrogen (secondary N) is 1. The predicted octanol–water partition coefficient (Wildman–Crippen LogP) is 3.06. The van der Waals surface area contributed by atoms with Gasteiger partial charge in [-0.3, -0.25) is 4.79 Å². The van der Waals surface area contributed by atoms with E-state index in [4.69, 9.17) is 0 Å². The van der Waals surface area contributed by atoms with E-state index in [2.05, 4.69) is 26.5 Å². The largest absolute Gasteiger partial charge is 0.508 e. The number of aromatic hydroxyl groups is 1. The Labute approximate surface area is 123 Å². The van der Waals surface area contributed by atoms with E-state index in [9.17, 15) is 14.3 Å². The quantitative estimate of drug-likeness (QED) is 0.668. The molecule has 2 rings (SSSR count). The molecule has 0 saturated carbocycles. The van der Waals surface area contributed by atoms with Gasteiger partial charge in [-0.1, -0.05) is 22.0 Å². The molecule has 0 saturated heterocycles. The topological polar surface area (TPSA) is 61.7 Å². The third-order valence-corrected chi connectivity index (χ3v) is 3.16. The maximum atomic E-state index is 13.0. The summed E-state index contributed by atoms with van der Waals surface area (Å²) in [6.07, 6.45) is 1.38. The smallest absolute Gasteiger partial charge is 0.271 e. The van der Waals surface area contributed by atoms with Crippen molar-refractivity contribution in [2.75, 3.05) is 0 Å².